The normalized spacial score (nSPS) is 10.6. The first-order chi connectivity index (χ1) is 15.9. The summed E-state index contributed by atoms with van der Waals surface area (Å²) in [7, 11) is 0. The number of aromatic nitrogens is 5. The molecule has 4 rings (SSSR count). The number of hydrogen-bond donors (Lipinski definition) is 1. The Morgan fingerprint density at radius 1 is 1.00 bits per heavy atom. The smallest absolute Gasteiger partial charge is 0.349 e. The zero-order valence-corrected chi connectivity index (χ0v) is 18.0. The number of aromatic amines is 1. The van der Waals surface area contributed by atoms with Gasteiger partial charge in [-0.3, -0.25) is 14.6 Å². The topological polar surface area (TPSA) is 136 Å². The van der Waals surface area contributed by atoms with Gasteiger partial charge in [0.15, 0.2) is 5.75 Å². The Hall–Kier alpha value is -4.20. The molecule has 0 saturated heterocycles. The molecule has 4 aromatic rings. The van der Waals surface area contributed by atoms with E-state index in [0.717, 1.165) is 10.2 Å². The number of nitrogens with zero attached hydrogens (tertiary/aromatic N) is 5. The van der Waals surface area contributed by atoms with Crippen molar-refractivity contribution in [3.63, 3.8) is 0 Å². The summed E-state index contributed by atoms with van der Waals surface area (Å²) >= 11 is 12.6. The fraction of sp³-hybridized carbons (Fsp3) is 0.0476. The van der Waals surface area contributed by atoms with Crippen molar-refractivity contribution < 1.29 is 4.74 Å². The minimum atomic E-state index is -0.910. The van der Waals surface area contributed by atoms with E-state index in [0.29, 0.717) is 0 Å². The Labute approximate surface area is 194 Å². The monoisotopic (exact) mass is 482 g/mol. The van der Waals surface area contributed by atoms with Crippen LogP contribution in [0.2, 0.25) is 10.0 Å². The van der Waals surface area contributed by atoms with Crippen LogP contribution in [0.4, 0.5) is 0 Å². The number of hydrogen-bond acceptors (Lipinski definition) is 7. The summed E-state index contributed by atoms with van der Waals surface area (Å²) in [6.07, 6.45) is 0. The molecule has 0 bridgehead atoms. The van der Waals surface area contributed by atoms with Gasteiger partial charge in [-0.05, 0) is 17.7 Å². The second-order valence-corrected chi connectivity index (χ2v) is 7.44. The van der Waals surface area contributed by atoms with Gasteiger partial charge in [0, 0.05) is 12.1 Å². The molecule has 0 amide bonds. The number of benzene rings is 2. The molecule has 1 N–H and O–H groups in total. The van der Waals surface area contributed by atoms with Crippen molar-refractivity contribution in [2.75, 3.05) is 0 Å². The second-order valence-electron chi connectivity index (χ2n) is 6.63. The van der Waals surface area contributed by atoms with E-state index >= 15 is 0 Å². The highest BCUT2D eigenvalue weighted by Gasteiger charge is 2.16. The van der Waals surface area contributed by atoms with Gasteiger partial charge in [0.2, 0.25) is 11.6 Å². The number of nitriles is 1. The van der Waals surface area contributed by atoms with Crippen LogP contribution in [0.25, 0.3) is 5.69 Å². The summed E-state index contributed by atoms with van der Waals surface area (Å²) in [5, 5.41) is 16.9. The van der Waals surface area contributed by atoms with Crippen LogP contribution in [0, 0.1) is 11.3 Å². The molecule has 2 aromatic carbocycles. The van der Waals surface area contributed by atoms with Crippen molar-refractivity contribution >= 4 is 23.2 Å². The molecule has 33 heavy (non-hydrogen) atoms. The Balaban J connectivity index is 1.68. The van der Waals surface area contributed by atoms with E-state index in [1.807, 2.05) is 35.3 Å². The van der Waals surface area contributed by atoms with Crippen molar-refractivity contribution in [2.45, 2.75) is 6.54 Å². The van der Waals surface area contributed by atoms with E-state index < -0.39 is 16.9 Å². The summed E-state index contributed by atoms with van der Waals surface area (Å²) in [6.45, 7) is 0.235. The summed E-state index contributed by atoms with van der Waals surface area (Å²) < 4.78 is 7.71. The van der Waals surface area contributed by atoms with Crippen LogP contribution < -0.4 is 21.5 Å². The van der Waals surface area contributed by atoms with Gasteiger partial charge in [0.1, 0.15) is 6.07 Å². The molecule has 0 spiro atoms. The van der Waals surface area contributed by atoms with Crippen LogP contribution in [0.5, 0.6) is 11.6 Å². The minimum Gasteiger partial charge on any atom is -0.434 e. The molecule has 0 fully saturated rings. The highest BCUT2D eigenvalue weighted by Crippen LogP contribution is 2.37. The van der Waals surface area contributed by atoms with Crippen LogP contribution >= 0.6 is 23.2 Å². The highest BCUT2D eigenvalue weighted by molar-refractivity contribution is 6.37. The number of rotatable bonds is 5. The first kappa shape index (κ1) is 22.0. The predicted octanol–water partition coefficient (Wildman–Crippen LogP) is 2.50. The van der Waals surface area contributed by atoms with Gasteiger partial charge >= 0.3 is 5.69 Å². The molecule has 0 aliphatic rings. The van der Waals surface area contributed by atoms with Crippen molar-refractivity contribution in [1.82, 2.24) is 24.5 Å². The van der Waals surface area contributed by atoms with E-state index in [1.165, 1.54) is 28.9 Å². The standard InChI is InChI=1S/C21H12Cl2N6O4/c22-14-8-13(29-21(32)25-20(31)16(10-24)26-29)9-15(23)19(14)33-17-6-7-18(30)28(27-17)11-12-4-2-1-3-5-12/h1-9H,11H2,(H,25,31,32). The first-order valence-corrected chi connectivity index (χ1v) is 10.0. The van der Waals surface area contributed by atoms with Crippen molar-refractivity contribution in [3.05, 3.63) is 107 Å². The largest absolute Gasteiger partial charge is 0.434 e. The van der Waals surface area contributed by atoms with Gasteiger partial charge in [0.25, 0.3) is 11.1 Å². The molecular weight excluding hydrogens is 471 g/mol. The van der Waals surface area contributed by atoms with Crippen LogP contribution in [0.15, 0.2) is 69.0 Å². The lowest BCUT2D eigenvalue weighted by atomic mass is 10.2. The average molecular weight is 483 g/mol. The molecule has 0 saturated carbocycles. The third-order valence-electron chi connectivity index (χ3n) is 4.39. The van der Waals surface area contributed by atoms with Crippen LogP contribution in [-0.2, 0) is 6.54 Å². The van der Waals surface area contributed by atoms with Crippen LogP contribution in [-0.4, -0.2) is 24.5 Å². The minimum absolute atomic E-state index is 0.00137. The van der Waals surface area contributed by atoms with Gasteiger partial charge in [-0.15, -0.1) is 10.2 Å². The zero-order valence-electron chi connectivity index (χ0n) is 16.5. The fourth-order valence-corrected chi connectivity index (χ4v) is 3.43. The lowest BCUT2D eigenvalue weighted by molar-refractivity contribution is 0.435. The highest BCUT2D eigenvalue weighted by atomic mass is 35.5. The average Bonchev–Trinajstić information content (AvgIpc) is 2.79. The van der Waals surface area contributed by atoms with Crippen LogP contribution in [0.3, 0.4) is 0 Å². The van der Waals surface area contributed by atoms with Gasteiger partial charge in [0.05, 0.1) is 22.3 Å². The van der Waals surface area contributed by atoms with Crippen molar-refractivity contribution in [2.24, 2.45) is 0 Å². The summed E-state index contributed by atoms with van der Waals surface area (Å²) in [5.74, 6) is 0.0886. The molecule has 10 nitrogen and oxygen atoms in total. The van der Waals surface area contributed by atoms with E-state index in [2.05, 4.69) is 10.2 Å². The van der Waals surface area contributed by atoms with Gasteiger partial charge in [-0.25, -0.2) is 9.48 Å². The third kappa shape index (κ3) is 4.69. The molecule has 2 aromatic heterocycles. The molecule has 0 atom stereocenters. The van der Waals surface area contributed by atoms with E-state index in [-0.39, 0.29) is 39.5 Å². The Morgan fingerprint density at radius 2 is 1.70 bits per heavy atom. The Morgan fingerprint density at radius 3 is 2.36 bits per heavy atom. The molecule has 164 valence electrons. The SMILES string of the molecule is N#Cc1nn(-c2cc(Cl)c(Oc3ccc(=O)n(Cc4ccccc4)n3)c(Cl)c2)c(=O)[nH]c1=O. The van der Waals surface area contributed by atoms with E-state index in [4.69, 9.17) is 33.2 Å². The first-order valence-electron chi connectivity index (χ1n) is 9.29. The quantitative estimate of drug-likeness (QED) is 0.461. The predicted molar refractivity (Wildman–Crippen MR) is 119 cm³/mol. The zero-order chi connectivity index (χ0) is 23.5. The maximum atomic E-state index is 12.2. The molecule has 12 heteroatoms. The number of ether oxygens (including phenoxy) is 1. The van der Waals surface area contributed by atoms with E-state index in [9.17, 15) is 14.4 Å². The lowest BCUT2D eigenvalue weighted by Crippen LogP contribution is -2.33. The fourth-order valence-electron chi connectivity index (χ4n) is 2.87. The molecular formula is C21H12Cl2N6O4. The third-order valence-corrected chi connectivity index (χ3v) is 4.95. The van der Waals surface area contributed by atoms with Crippen molar-refractivity contribution in [1.29, 1.82) is 5.26 Å². The summed E-state index contributed by atoms with van der Waals surface area (Å²) in [6, 6.07) is 16.2. The molecule has 0 aliphatic carbocycles. The Kier molecular flexibility index (Phi) is 6.08. The summed E-state index contributed by atoms with van der Waals surface area (Å²) in [5.41, 5.74) is -1.65. The molecule has 0 aliphatic heterocycles. The van der Waals surface area contributed by atoms with E-state index in [1.54, 1.807) is 6.07 Å². The number of halogens is 2. The van der Waals surface area contributed by atoms with Gasteiger partial charge < -0.3 is 4.74 Å². The molecule has 2 heterocycles. The van der Waals surface area contributed by atoms with Crippen molar-refractivity contribution in [3.8, 4) is 23.4 Å². The molecule has 0 radical (unpaired) electrons. The second kappa shape index (κ2) is 9.12. The number of H-pyrrole nitrogens is 1. The van der Waals surface area contributed by atoms with Gasteiger partial charge in [-0.2, -0.15) is 9.94 Å². The number of nitrogens with one attached hydrogen (secondary N) is 1. The van der Waals surface area contributed by atoms with Crippen LogP contribution in [0.1, 0.15) is 11.3 Å². The maximum absolute atomic E-state index is 12.2. The summed E-state index contributed by atoms with van der Waals surface area (Å²) in [4.78, 5) is 37.8. The van der Waals surface area contributed by atoms with Gasteiger partial charge in [-0.1, -0.05) is 53.5 Å². The Bertz CT molecular complexity index is 1550. The molecule has 0 unspecified atom stereocenters. The maximum Gasteiger partial charge on any atom is 0.349 e. The lowest BCUT2D eigenvalue weighted by Gasteiger charge is -2.12.